The van der Waals surface area contributed by atoms with Crippen LogP contribution < -0.4 is 5.32 Å². The molecular weight excluding hydrogens is 372 g/mol. The van der Waals surface area contributed by atoms with Crippen molar-refractivity contribution in [3.8, 4) is 0 Å². The van der Waals surface area contributed by atoms with Gasteiger partial charge in [0.25, 0.3) is 0 Å². The van der Waals surface area contributed by atoms with Gasteiger partial charge >= 0.3 is 12.1 Å². The van der Waals surface area contributed by atoms with Crippen LogP contribution in [0.4, 0.5) is 4.79 Å². The topological polar surface area (TPSA) is 95.9 Å². The third-order valence-corrected chi connectivity index (χ3v) is 6.25. The molecule has 1 aliphatic heterocycles. The Morgan fingerprint density at radius 1 is 1.24 bits per heavy atom. The van der Waals surface area contributed by atoms with Gasteiger partial charge in [-0.15, -0.1) is 0 Å². The van der Waals surface area contributed by atoms with Crippen LogP contribution in [0.2, 0.25) is 0 Å². The van der Waals surface area contributed by atoms with Gasteiger partial charge in [0.1, 0.15) is 18.7 Å². The Balaban J connectivity index is 1.65. The molecule has 29 heavy (non-hydrogen) atoms. The smallest absolute Gasteiger partial charge is 0.408 e. The van der Waals surface area contributed by atoms with Crippen LogP contribution in [0.15, 0.2) is 30.3 Å². The summed E-state index contributed by atoms with van der Waals surface area (Å²) in [5, 5.41) is 12.4. The highest BCUT2D eigenvalue weighted by Crippen LogP contribution is 2.64. The number of nitrogens with one attached hydrogen (secondary N) is 1. The molecule has 2 fully saturated rings. The van der Waals surface area contributed by atoms with Gasteiger partial charge in [-0.2, -0.15) is 0 Å². The summed E-state index contributed by atoms with van der Waals surface area (Å²) in [6.07, 6.45) is -0.259. The Morgan fingerprint density at radius 2 is 1.90 bits per heavy atom. The first-order valence-corrected chi connectivity index (χ1v) is 10.1. The van der Waals surface area contributed by atoms with Crippen LogP contribution in [-0.4, -0.2) is 46.6 Å². The van der Waals surface area contributed by atoms with Crippen LogP contribution in [0.3, 0.4) is 0 Å². The third kappa shape index (κ3) is 4.38. The number of hydrogen-bond donors (Lipinski definition) is 2. The standard InChI is InChI=1S/C22H30N2O5/c1-13(2)10-16(23-21(28)29-12-14-8-6-5-7-9-14)19(25)24-11-15-17(22(15,3)4)18(24)20(26)27/h5-9,13,15-18H,10-12H2,1-4H3,(H,23,28)(H,26,27)/t15?,16-,17?,18?/m0/s1. The minimum atomic E-state index is -0.980. The molecule has 0 bridgehead atoms. The molecule has 7 nitrogen and oxygen atoms in total. The number of carboxylic acids is 1. The van der Waals surface area contributed by atoms with Crippen molar-refractivity contribution in [2.45, 2.75) is 52.8 Å². The molecular formula is C22H30N2O5. The van der Waals surface area contributed by atoms with E-state index >= 15 is 0 Å². The highest BCUT2D eigenvalue weighted by molar-refractivity contribution is 5.90. The number of carbonyl (C=O) groups is 3. The number of benzene rings is 1. The van der Waals surface area contributed by atoms with Gasteiger partial charge < -0.3 is 20.1 Å². The van der Waals surface area contributed by atoms with E-state index in [2.05, 4.69) is 5.32 Å². The van der Waals surface area contributed by atoms with Crippen molar-refractivity contribution in [2.24, 2.45) is 23.2 Å². The normalized spacial score (nSPS) is 25.3. The number of fused-ring (bicyclic) bond motifs is 1. The van der Waals surface area contributed by atoms with Crippen molar-refractivity contribution in [3.05, 3.63) is 35.9 Å². The molecule has 1 saturated heterocycles. The molecule has 3 rings (SSSR count). The minimum absolute atomic E-state index is 0.0336. The molecule has 158 valence electrons. The lowest BCUT2D eigenvalue weighted by Crippen LogP contribution is -2.54. The second kappa shape index (κ2) is 8.05. The van der Waals surface area contributed by atoms with Crippen LogP contribution in [0.25, 0.3) is 0 Å². The number of piperidine rings is 1. The summed E-state index contributed by atoms with van der Waals surface area (Å²) in [6, 6.07) is 7.64. The van der Waals surface area contributed by atoms with Crippen molar-refractivity contribution in [1.29, 1.82) is 0 Å². The van der Waals surface area contributed by atoms with E-state index in [0.717, 1.165) is 5.56 Å². The van der Waals surface area contributed by atoms with Crippen LogP contribution >= 0.6 is 0 Å². The maximum atomic E-state index is 13.2. The van der Waals surface area contributed by atoms with E-state index in [0.29, 0.717) is 13.0 Å². The van der Waals surface area contributed by atoms with Crippen molar-refractivity contribution < 1.29 is 24.2 Å². The van der Waals surface area contributed by atoms with Crippen molar-refractivity contribution in [1.82, 2.24) is 10.2 Å². The molecule has 4 atom stereocenters. The summed E-state index contributed by atoms with van der Waals surface area (Å²) in [5.41, 5.74) is 0.789. The fraction of sp³-hybridized carbons (Fsp3) is 0.591. The van der Waals surface area contributed by atoms with Gasteiger partial charge in [0.2, 0.25) is 5.91 Å². The molecule has 2 aliphatic rings. The van der Waals surface area contributed by atoms with Gasteiger partial charge in [-0.05, 0) is 29.2 Å². The molecule has 2 amide bonds. The quantitative estimate of drug-likeness (QED) is 0.731. The lowest BCUT2D eigenvalue weighted by molar-refractivity contribution is -0.151. The summed E-state index contributed by atoms with van der Waals surface area (Å²) < 4.78 is 5.25. The fourth-order valence-electron chi connectivity index (χ4n) is 4.60. The zero-order valence-corrected chi connectivity index (χ0v) is 17.4. The monoisotopic (exact) mass is 402 g/mol. The Kier molecular flexibility index (Phi) is 5.87. The second-order valence-electron chi connectivity index (χ2n) is 9.12. The maximum Gasteiger partial charge on any atom is 0.408 e. The summed E-state index contributed by atoms with van der Waals surface area (Å²) in [7, 11) is 0. The first-order valence-electron chi connectivity index (χ1n) is 10.1. The molecule has 1 aromatic carbocycles. The van der Waals surface area contributed by atoms with E-state index in [4.69, 9.17) is 4.74 Å². The molecule has 1 aromatic rings. The number of nitrogens with zero attached hydrogens (tertiary/aromatic N) is 1. The Bertz CT molecular complexity index is 777. The Labute approximate surface area is 171 Å². The molecule has 7 heteroatoms. The summed E-state index contributed by atoms with van der Waals surface area (Å²) >= 11 is 0. The van der Waals surface area contributed by atoms with Crippen LogP contribution in [0.1, 0.15) is 39.7 Å². The lowest BCUT2D eigenvalue weighted by atomic mass is 9.98. The molecule has 0 spiro atoms. The van der Waals surface area contributed by atoms with Gasteiger partial charge in [-0.3, -0.25) is 4.79 Å². The third-order valence-electron chi connectivity index (χ3n) is 6.25. The molecule has 0 aromatic heterocycles. The van der Waals surface area contributed by atoms with Crippen LogP contribution in [-0.2, 0) is 20.9 Å². The van der Waals surface area contributed by atoms with Crippen molar-refractivity contribution in [3.63, 3.8) is 0 Å². The van der Waals surface area contributed by atoms with E-state index in [9.17, 15) is 19.5 Å². The van der Waals surface area contributed by atoms with Gasteiger partial charge in [0, 0.05) is 12.5 Å². The average molecular weight is 402 g/mol. The molecule has 1 heterocycles. The maximum absolute atomic E-state index is 13.2. The van der Waals surface area contributed by atoms with Gasteiger partial charge in [-0.1, -0.05) is 58.0 Å². The summed E-state index contributed by atoms with van der Waals surface area (Å²) in [5.74, 6) is -1.02. The van der Waals surface area contributed by atoms with E-state index in [-0.39, 0.29) is 35.7 Å². The first-order chi connectivity index (χ1) is 13.6. The second-order valence-corrected chi connectivity index (χ2v) is 9.12. The molecule has 3 unspecified atom stereocenters. The highest BCUT2D eigenvalue weighted by atomic mass is 16.5. The van der Waals surface area contributed by atoms with Crippen molar-refractivity contribution in [2.75, 3.05) is 6.54 Å². The Hall–Kier alpha value is -2.57. The van der Waals surface area contributed by atoms with Crippen molar-refractivity contribution >= 4 is 18.0 Å². The number of likely N-dealkylation sites (tertiary alicyclic amines) is 1. The number of amides is 2. The zero-order valence-electron chi connectivity index (χ0n) is 17.4. The predicted octanol–water partition coefficient (Wildman–Crippen LogP) is 2.90. The molecule has 0 radical (unpaired) electrons. The molecule has 1 aliphatic carbocycles. The van der Waals surface area contributed by atoms with E-state index < -0.39 is 24.1 Å². The van der Waals surface area contributed by atoms with Gasteiger partial charge in [0.15, 0.2) is 0 Å². The average Bonchev–Trinajstić information content (AvgIpc) is 3.02. The number of carboxylic acid groups (broad SMARTS) is 1. The largest absolute Gasteiger partial charge is 0.480 e. The SMILES string of the molecule is CC(C)C[C@H](NC(=O)OCc1ccccc1)C(=O)N1CC2C(C1C(=O)O)C2(C)C. The minimum Gasteiger partial charge on any atom is -0.480 e. The fourth-order valence-corrected chi connectivity index (χ4v) is 4.60. The number of aliphatic carboxylic acids is 1. The zero-order chi connectivity index (χ0) is 21.3. The van der Waals surface area contributed by atoms with Gasteiger partial charge in [-0.25, -0.2) is 9.59 Å². The summed E-state index contributed by atoms with van der Waals surface area (Å²) in [6.45, 7) is 8.53. The number of rotatable bonds is 7. The first kappa shape index (κ1) is 21.1. The molecule has 1 saturated carbocycles. The number of alkyl carbamates (subject to hydrolysis) is 1. The molecule has 2 N–H and O–H groups in total. The summed E-state index contributed by atoms with van der Waals surface area (Å²) in [4.78, 5) is 38.8. The predicted molar refractivity (Wildman–Crippen MR) is 107 cm³/mol. The highest BCUT2D eigenvalue weighted by Gasteiger charge is 2.69. The number of ether oxygens (including phenoxy) is 1. The van der Waals surface area contributed by atoms with Crippen LogP contribution in [0, 0.1) is 23.2 Å². The Morgan fingerprint density at radius 3 is 2.48 bits per heavy atom. The van der Waals surface area contributed by atoms with Crippen LogP contribution in [0.5, 0.6) is 0 Å². The van der Waals surface area contributed by atoms with E-state index in [1.165, 1.54) is 4.90 Å². The number of carbonyl (C=O) groups excluding carboxylic acids is 2. The van der Waals surface area contributed by atoms with Gasteiger partial charge in [0.05, 0.1) is 0 Å². The lowest BCUT2D eigenvalue weighted by Gasteiger charge is -2.32. The number of hydrogen-bond acceptors (Lipinski definition) is 4. The van der Waals surface area contributed by atoms with E-state index in [1.807, 2.05) is 58.0 Å². The van der Waals surface area contributed by atoms with E-state index in [1.54, 1.807) is 0 Å².